The molecule has 6 nitrogen and oxygen atoms in total. The molecule has 0 aliphatic carbocycles. The normalized spacial score (nSPS) is 13.5. The van der Waals surface area contributed by atoms with Crippen LogP contribution in [-0.2, 0) is 21.2 Å². The number of rotatable bonds is 5. The molecule has 1 heterocycles. The lowest BCUT2D eigenvalue weighted by Gasteiger charge is -2.18. The summed E-state index contributed by atoms with van der Waals surface area (Å²) in [7, 11) is -2.13. The van der Waals surface area contributed by atoms with Gasteiger partial charge in [0.15, 0.2) is 6.61 Å². The van der Waals surface area contributed by atoms with Gasteiger partial charge in [-0.25, -0.2) is 13.1 Å². The number of fused-ring (bicyclic) bond motifs is 2. The lowest BCUT2D eigenvalue weighted by Crippen LogP contribution is -2.33. The average molecular weight is 475 g/mol. The highest BCUT2D eigenvalue weighted by Crippen LogP contribution is 2.30. The minimum atomic E-state index is -3.51. The van der Waals surface area contributed by atoms with E-state index in [9.17, 15) is 13.2 Å². The molecule has 29 heavy (non-hydrogen) atoms. The Morgan fingerprint density at radius 3 is 2.66 bits per heavy atom. The van der Waals surface area contributed by atoms with Gasteiger partial charge in [-0.1, -0.05) is 28.1 Å². The average Bonchev–Trinajstić information content (AvgIpc) is 3.15. The zero-order valence-electron chi connectivity index (χ0n) is 15.7. The van der Waals surface area contributed by atoms with Crippen LogP contribution >= 0.6 is 15.9 Å². The highest BCUT2D eigenvalue weighted by Gasteiger charge is 2.26. The van der Waals surface area contributed by atoms with E-state index in [4.69, 9.17) is 4.74 Å². The zero-order valence-corrected chi connectivity index (χ0v) is 18.1. The summed E-state index contributed by atoms with van der Waals surface area (Å²) in [5.74, 6) is 0.465. The standard InChI is InChI=1S/C21H19BrN2O4S/c1-23-29(26,27)19-6-7-20-16(12-19)8-9-24(20)21(25)13-28-18-5-3-14-10-17(22)4-2-15(14)11-18/h2-7,10-12,23H,8-9,13H2,1H3. The highest BCUT2D eigenvalue weighted by atomic mass is 79.9. The third-order valence-corrected chi connectivity index (χ3v) is 6.87. The van der Waals surface area contributed by atoms with Gasteiger partial charge >= 0.3 is 0 Å². The minimum absolute atomic E-state index is 0.0853. The number of carbonyl (C=O) groups excluding carboxylic acids is 1. The summed E-state index contributed by atoms with van der Waals surface area (Å²) in [6.45, 7) is 0.421. The van der Waals surface area contributed by atoms with E-state index in [1.807, 2.05) is 36.4 Å². The maximum Gasteiger partial charge on any atom is 0.264 e. The Kier molecular flexibility index (Phi) is 5.33. The number of benzene rings is 3. The molecule has 150 valence electrons. The van der Waals surface area contributed by atoms with E-state index in [1.165, 1.54) is 13.1 Å². The second kappa shape index (κ2) is 7.78. The molecule has 8 heteroatoms. The third kappa shape index (κ3) is 4.01. The third-order valence-electron chi connectivity index (χ3n) is 4.96. The number of amides is 1. The molecular formula is C21H19BrN2O4S. The Labute approximate surface area is 177 Å². The SMILES string of the molecule is CNS(=O)(=O)c1ccc2c(c1)CCN2C(=O)COc1ccc2cc(Br)ccc2c1. The second-order valence-electron chi connectivity index (χ2n) is 6.74. The van der Waals surface area contributed by atoms with Gasteiger partial charge in [-0.3, -0.25) is 4.79 Å². The number of nitrogens with zero attached hydrogens (tertiary/aromatic N) is 1. The molecule has 3 aromatic rings. The summed E-state index contributed by atoms with van der Waals surface area (Å²) in [5.41, 5.74) is 1.57. The number of carbonyl (C=O) groups is 1. The van der Waals surface area contributed by atoms with E-state index in [0.717, 1.165) is 26.5 Å². The van der Waals surface area contributed by atoms with Gasteiger partial charge in [0.25, 0.3) is 5.91 Å². The van der Waals surface area contributed by atoms with E-state index < -0.39 is 10.0 Å². The van der Waals surface area contributed by atoms with Crippen LogP contribution in [0.4, 0.5) is 5.69 Å². The maximum absolute atomic E-state index is 12.7. The van der Waals surface area contributed by atoms with Crippen LogP contribution in [0.15, 0.2) is 64.0 Å². The van der Waals surface area contributed by atoms with E-state index in [2.05, 4.69) is 20.7 Å². The first-order valence-electron chi connectivity index (χ1n) is 9.06. The lowest BCUT2D eigenvalue weighted by molar-refractivity contribution is -0.120. The van der Waals surface area contributed by atoms with Crippen LogP contribution in [0.3, 0.4) is 0 Å². The molecule has 3 aromatic carbocycles. The van der Waals surface area contributed by atoms with Crippen molar-refractivity contribution in [3.05, 3.63) is 64.6 Å². The van der Waals surface area contributed by atoms with Crippen LogP contribution in [0, 0.1) is 0 Å². The topological polar surface area (TPSA) is 75.7 Å². The van der Waals surface area contributed by atoms with Crippen molar-refractivity contribution >= 4 is 48.3 Å². The molecular weight excluding hydrogens is 456 g/mol. The molecule has 1 amide bonds. The van der Waals surface area contributed by atoms with Crippen molar-refractivity contribution in [2.75, 3.05) is 25.1 Å². The number of hydrogen-bond donors (Lipinski definition) is 1. The van der Waals surface area contributed by atoms with Gasteiger partial charge in [-0.05, 0) is 72.3 Å². The fraction of sp³-hybridized carbons (Fsp3) is 0.190. The van der Waals surface area contributed by atoms with E-state index in [0.29, 0.717) is 18.7 Å². The molecule has 0 unspecified atom stereocenters. The number of halogens is 1. The fourth-order valence-corrected chi connectivity index (χ4v) is 4.59. The maximum atomic E-state index is 12.7. The number of nitrogens with one attached hydrogen (secondary N) is 1. The van der Waals surface area contributed by atoms with Crippen molar-refractivity contribution in [3.63, 3.8) is 0 Å². The Balaban J connectivity index is 1.47. The van der Waals surface area contributed by atoms with Gasteiger partial charge in [-0.2, -0.15) is 0 Å². The van der Waals surface area contributed by atoms with Crippen molar-refractivity contribution in [2.45, 2.75) is 11.3 Å². The van der Waals surface area contributed by atoms with Crippen LogP contribution in [0.25, 0.3) is 10.8 Å². The predicted octanol–water partition coefficient (Wildman–Crippen LogP) is 3.48. The van der Waals surface area contributed by atoms with Crippen molar-refractivity contribution < 1.29 is 17.9 Å². The highest BCUT2D eigenvalue weighted by molar-refractivity contribution is 9.10. The van der Waals surface area contributed by atoms with Gasteiger partial charge in [0.05, 0.1) is 4.90 Å². The van der Waals surface area contributed by atoms with Gasteiger partial charge in [0.2, 0.25) is 10.0 Å². The predicted molar refractivity (Wildman–Crippen MR) is 116 cm³/mol. The number of sulfonamides is 1. The molecule has 0 aromatic heterocycles. The van der Waals surface area contributed by atoms with Gasteiger partial charge in [0.1, 0.15) is 5.75 Å². The molecule has 0 saturated heterocycles. The molecule has 1 aliphatic heterocycles. The van der Waals surface area contributed by atoms with Crippen LogP contribution in [0.2, 0.25) is 0 Å². The van der Waals surface area contributed by atoms with Crippen LogP contribution < -0.4 is 14.4 Å². The van der Waals surface area contributed by atoms with Crippen LogP contribution in [0.5, 0.6) is 5.75 Å². The number of ether oxygens (including phenoxy) is 1. The van der Waals surface area contributed by atoms with Gasteiger partial charge < -0.3 is 9.64 Å². The Morgan fingerprint density at radius 2 is 1.86 bits per heavy atom. The molecule has 1 N–H and O–H groups in total. The Hall–Kier alpha value is -2.42. The fourth-order valence-electron chi connectivity index (χ4n) is 3.43. The molecule has 0 atom stereocenters. The summed E-state index contributed by atoms with van der Waals surface area (Å²) in [5, 5.41) is 2.11. The van der Waals surface area contributed by atoms with Crippen molar-refractivity contribution in [3.8, 4) is 5.75 Å². The van der Waals surface area contributed by atoms with Crippen molar-refractivity contribution in [1.82, 2.24) is 4.72 Å². The number of anilines is 1. The first-order valence-corrected chi connectivity index (χ1v) is 11.3. The molecule has 0 bridgehead atoms. The molecule has 0 spiro atoms. The van der Waals surface area contributed by atoms with Crippen molar-refractivity contribution in [1.29, 1.82) is 0 Å². The van der Waals surface area contributed by atoms with Gasteiger partial charge in [0, 0.05) is 16.7 Å². The smallest absolute Gasteiger partial charge is 0.264 e. The van der Waals surface area contributed by atoms with Crippen LogP contribution in [0.1, 0.15) is 5.56 Å². The minimum Gasteiger partial charge on any atom is -0.484 e. The zero-order chi connectivity index (χ0) is 20.6. The van der Waals surface area contributed by atoms with E-state index in [1.54, 1.807) is 17.0 Å². The summed E-state index contributed by atoms with van der Waals surface area (Å²) in [4.78, 5) is 14.5. The quantitative estimate of drug-likeness (QED) is 0.613. The summed E-state index contributed by atoms with van der Waals surface area (Å²) in [6.07, 6.45) is 0.610. The second-order valence-corrected chi connectivity index (χ2v) is 9.54. The molecule has 0 fully saturated rings. The lowest BCUT2D eigenvalue weighted by atomic mass is 10.1. The van der Waals surface area contributed by atoms with Crippen LogP contribution in [-0.4, -0.2) is 34.5 Å². The first-order chi connectivity index (χ1) is 13.9. The Bertz CT molecular complexity index is 1210. The molecule has 1 aliphatic rings. The largest absolute Gasteiger partial charge is 0.484 e. The monoisotopic (exact) mass is 474 g/mol. The number of hydrogen-bond acceptors (Lipinski definition) is 4. The first kappa shape index (κ1) is 19.9. The molecule has 4 rings (SSSR count). The summed E-state index contributed by atoms with van der Waals surface area (Å²) >= 11 is 3.45. The Morgan fingerprint density at radius 1 is 1.10 bits per heavy atom. The van der Waals surface area contributed by atoms with E-state index >= 15 is 0 Å². The summed E-state index contributed by atoms with van der Waals surface area (Å²) < 4.78 is 33.0. The molecule has 0 radical (unpaired) electrons. The van der Waals surface area contributed by atoms with Crippen molar-refractivity contribution in [2.24, 2.45) is 0 Å². The van der Waals surface area contributed by atoms with Gasteiger partial charge in [-0.15, -0.1) is 0 Å². The van der Waals surface area contributed by atoms with E-state index in [-0.39, 0.29) is 17.4 Å². The summed E-state index contributed by atoms with van der Waals surface area (Å²) in [6, 6.07) is 16.5. The molecule has 0 saturated carbocycles.